The maximum Gasteiger partial charge on any atom is 0.140 e. The summed E-state index contributed by atoms with van der Waals surface area (Å²) in [5.74, 6) is 1.97. The van der Waals surface area contributed by atoms with Crippen LogP contribution in [0.15, 0.2) is 53.1 Å². The third-order valence-electron chi connectivity index (χ3n) is 4.45. The lowest BCUT2D eigenvalue weighted by Crippen LogP contribution is -2.00. The average Bonchev–Trinajstić information content (AvgIpc) is 3.01. The van der Waals surface area contributed by atoms with Crippen LogP contribution in [-0.4, -0.2) is 16.7 Å². The highest BCUT2D eigenvalue weighted by molar-refractivity contribution is 9.10. The number of benzene rings is 2. The first-order valence-electron chi connectivity index (χ1n) is 8.55. The predicted octanol–water partition coefficient (Wildman–Crippen LogP) is 5.21. The maximum atomic E-state index is 5.50. The molecule has 0 atom stereocenters. The van der Waals surface area contributed by atoms with E-state index in [-0.39, 0.29) is 0 Å². The summed E-state index contributed by atoms with van der Waals surface area (Å²) in [6.45, 7) is 2.14. The summed E-state index contributed by atoms with van der Waals surface area (Å²) < 4.78 is 8.70. The van der Waals surface area contributed by atoms with Gasteiger partial charge in [0.15, 0.2) is 0 Å². The van der Waals surface area contributed by atoms with Gasteiger partial charge in [-0.25, -0.2) is 4.98 Å². The third-order valence-corrected chi connectivity index (χ3v) is 4.95. The molecule has 3 aromatic rings. The minimum atomic E-state index is 0.921. The van der Waals surface area contributed by atoms with Gasteiger partial charge in [0.2, 0.25) is 0 Å². The van der Waals surface area contributed by atoms with E-state index < -0.39 is 0 Å². The standard InChI is InChI=1S/C21H23BrN2O/c1-4-18-14-24(2)21(23-18)19-8-6-5-7-15(19)9-10-16-13-17(22)11-12-20(16)25-3/h5-8,11-14H,4,9-10H2,1-3H3. The lowest BCUT2D eigenvalue weighted by molar-refractivity contribution is 0.409. The number of hydrogen-bond donors (Lipinski definition) is 0. The van der Waals surface area contributed by atoms with Gasteiger partial charge in [-0.15, -0.1) is 0 Å². The van der Waals surface area contributed by atoms with Crippen molar-refractivity contribution in [3.8, 4) is 17.1 Å². The fraction of sp³-hybridized carbons (Fsp3) is 0.286. The summed E-state index contributed by atoms with van der Waals surface area (Å²) in [5.41, 5.74) is 4.85. The highest BCUT2D eigenvalue weighted by Crippen LogP contribution is 2.27. The Morgan fingerprint density at radius 2 is 1.84 bits per heavy atom. The van der Waals surface area contributed by atoms with E-state index in [1.807, 2.05) is 12.1 Å². The Hall–Kier alpha value is -2.07. The lowest BCUT2D eigenvalue weighted by Gasteiger charge is -2.12. The van der Waals surface area contributed by atoms with Crippen LogP contribution in [-0.2, 0) is 26.3 Å². The first-order chi connectivity index (χ1) is 12.1. The molecule has 1 heterocycles. The normalized spacial score (nSPS) is 10.9. The topological polar surface area (TPSA) is 27.1 Å². The molecule has 3 nitrogen and oxygen atoms in total. The molecule has 0 saturated carbocycles. The number of methoxy groups -OCH3 is 1. The Morgan fingerprint density at radius 3 is 2.56 bits per heavy atom. The Labute approximate surface area is 157 Å². The van der Waals surface area contributed by atoms with Crippen molar-refractivity contribution in [1.29, 1.82) is 0 Å². The molecule has 0 radical (unpaired) electrons. The number of rotatable bonds is 6. The van der Waals surface area contributed by atoms with Gasteiger partial charge in [-0.1, -0.05) is 47.1 Å². The molecule has 25 heavy (non-hydrogen) atoms. The highest BCUT2D eigenvalue weighted by atomic mass is 79.9. The second-order valence-corrected chi connectivity index (χ2v) is 7.05. The van der Waals surface area contributed by atoms with Gasteiger partial charge >= 0.3 is 0 Å². The van der Waals surface area contributed by atoms with E-state index >= 15 is 0 Å². The zero-order valence-corrected chi connectivity index (χ0v) is 16.5. The number of imidazole rings is 1. The van der Waals surface area contributed by atoms with E-state index in [0.29, 0.717) is 0 Å². The fourth-order valence-electron chi connectivity index (χ4n) is 3.12. The van der Waals surface area contributed by atoms with E-state index in [0.717, 1.165) is 41.0 Å². The number of halogens is 1. The predicted molar refractivity (Wildman–Crippen MR) is 106 cm³/mol. The van der Waals surface area contributed by atoms with Gasteiger partial charge in [0.25, 0.3) is 0 Å². The number of aryl methyl sites for hydroxylation is 4. The van der Waals surface area contributed by atoms with Crippen molar-refractivity contribution in [2.75, 3.05) is 7.11 Å². The van der Waals surface area contributed by atoms with E-state index in [1.54, 1.807) is 7.11 Å². The Bertz CT molecular complexity index is 870. The molecule has 0 fully saturated rings. The second-order valence-electron chi connectivity index (χ2n) is 6.13. The lowest BCUT2D eigenvalue weighted by atomic mass is 9.99. The van der Waals surface area contributed by atoms with Gasteiger partial charge in [-0.2, -0.15) is 0 Å². The molecule has 0 bridgehead atoms. The van der Waals surface area contributed by atoms with Crippen molar-refractivity contribution in [1.82, 2.24) is 9.55 Å². The quantitative estimate of drug-likeness (QED) is 0.569. The summed E-state index contributed by atoms with van der Waals surface area (Å²) in [6, 6.07) is 14.7. The molecule has 0 aliphatic rings. The minimum Gasteiger partial charge on any atom is -0.496 e. The molecule has 0 N–H and O–H groups in total. The van der Waals surface area contributed by atoms with E-state index in [9.17, 15) is 0 Å². The fourth-order valence-corrected chi connectivity index (χ4v) is 3.53. The van der Waals surface area contributed by atoms with Crippen molar-refractivity contribution in [3.63, 3.8) is 0 Å². The molecule has 0 aliphatic carbocycles. The molecule has 1 aromatic heterocycles. The van der Waals surface area contributed by atoms with Crippen molar-refractivity contribution in [3.05, 3.63) is 70.0 Å². The first kappa shape index (κ1) is 17.7. The SMILES string of the molecule is CCc1cn(C)c(-c2ccccc2CCc2cc(Br)ccc2OC)n1. The molecule has 0 spiro atoms. The Morgan fingerprint density at radius 1 is 1.08 bits per heavy atom. The Balaban J connectivity index is 1.89. The molecule has 0 aliphatic heterocycles. The summed E-state index contributed by atoms with van der Waals surface area (Å²) in [5, 5.41) is 0. The smallest absolute Gasteiger partial charge is 0.140 e. The van der Waals surface area contributed by atoms with Crippen LogP contribution in [0.3, 0.4) is 0 Å². The minimum absolute atomic E-state index is 0.921. The maximum absolute atomic E-state index is 5.50. The van der Waals surface area contributed by atoms with Crippen molar-refractivity contribution in [2.24, 2.45) is 7.05 Å². The van der Waals surface area contributed by atoms with E-state index in [1.165, 1.54) is 16.7 Å². The summed E-state index contributed by atoms with van der Waals surface area (Å²) >= 11 is 3.55. The van der Waals surface area contributed by atoms with Crippen LogP contribution >= 0.6 is 15.9 Å². The van der Waals surface area contributed by atoms with Crippen LogP contribution in [0.1, 0.15) is 23.7 Å². The molecule has 0 unspecified atom stereocenters. The largest absolute Gasteiger partial charge is 0.496 e. The third kappa shape index (κ3) is 3.96. The molecule has 0 saturated heterocycles. The average molecular weight is 399 g/mol. The molecule has 3 rings (SSSR count). The molecule has 2 aromatic carbocycles. The van der Waals surface area contributed by atoms with Crippen LogP contribution in [0.5, 0.6) is 5.75 Å². The molecule has 4 heteroatoms. The van der Waals surface area contributed by atoms with E-state index in [4.69, 9.17) is 9.72 Å². The molecule has 130 valence electrons. The number of hydrogen-bond acceptors (Lipinski definition) is 2. The van der Waals surface area contributed by atoms with Gasteiger partial charge in [-0.05, 0) is 48.6 Å². The first-order valence-corrected chi connectivity index (χ1v) is 9.34. The van der Waals surface area contributed by atoms with Crippen molar-refractivity contribution in [2.45, 2.75) is 26.2 Å². The van der Waals surface area contributed by atoms with Crippen LogP contribution < -0.4 is 4.74 Å². The van der Waals surface area contributed by atoms with Crippen molar-refractivity contribution >= 4 is 15.9 Å². The van der Waals surface area contributed by atoms with Crippen molar-refractivity contribution < 1.29 is 4.74 Å². The summed E-state index contributed by atoms with van der Waals surface area (Å²) in [4.78, 5) is 4.79. The summed E-state index contributed by atoms with van der Waals surface area (Å²) in [7, 11) is 3.79. The highest BCUT2D eigenvalue weighted by Gasteiger charge is 2.12. The van der Waals surface area contributed by atoms with Gasteiger partial charge in [0, 0.05) is 23.3 Å². The van der Waals surface area contributed by atoms with Gasteiger partial charge < -0.3 is 9.30 Å². The molecular formula is C21H23BrN2O. The summed E-state index contributed by atoms with van der Waals surface area (Å²) in [6.07, 6.45) is 4.93. The molecule has 0 amide bonds. The monoisotopic (exact) mass is 398 g/mol. The van der Waals surface area contributed by atoms with Gasteiger partial charge in [-0.3, -0.25) is 0 Å². The van der Waals surface area contributed by atoms with Gasteiger partial charge in [0.1, 0.15) is 11.6 Å². The van der Waals surface area contributed by atoms with Crippen LogP contribution in [0.4, 0.5) is 0 Å². The number of aromatic nitrogens is 2. The number of nitrogens with zero attached hydrogens (tertiary/aromatic N) is 2. The number of ether oxygens (including phenoxy) is 1. The van der Waals surface area contributed by atoms with E-state index in [2.05, 4.69) is 71.0 Å². The molecular weight excluding hydrogens is 376 g/mol. The van der Waals surface area contributed by atoms with Gasteiger partial charge in [0.05, 0.1) is 12.8 Å². The van der Waals surface area contributed by atoms with Crippen LogP contribution in [0.2, 0.25) is 0 Å². The zero-order chi connectivity index (χ0) is 17.8. The zero-order valence-electron chi connectivity index (χ0n) is 14.9. The Kier molecular flexibility index (Phi) is 5.59. The van der Waals surface area contributed by atoms with Crippen LogP contribution in [0.25, 0.3) is 11.4 Å². The second kappa shape index (κ2) is 7.87. The van der Waals surface area contributed by atoms with Crippen LogP contribution in [0, 0.1) is 0 Å².